The Balaban J connectivity index is 2.34. The predicted molar refractivity (Wildman–Crippen MR) is 79.5 cm³/mol. The van der Waals surface area contributed by atoms with Crippen molar-refractivity contribution in [3.8, 4) is 0 Å². The second kappa shape index (κ2) is 6.55. The molecule has 0 aliphatic carbocycles. The molecule has 0 aliphatic rings. The van der Waals surface area contributed by atoms with E-state index in [9.17, 15) is 9.59 Å². The first-order valence-electron chi connectivity index (χ1n) is 7.07. The van der Waals surface area contributed by atoms with Crippen LogP contribution in [-0.2, 0) is 9.53 Å². The van der Waals surface area contributed by atoms with Gasteiger partial charge in [-0.25, -0.2) is 4.98 Å². The highest BCUT2D eigenvalue weighted by Gasteiger charge is 2.22. The van der Waals surface area contributed by atoms with Crippen LogP contribution in [0.3, 0.4) is 0 Å². The molecular weight excluding hydrogens is 286 g/mol. The molecule has 0 spiro atoms. The van der Waals surface area contributed by atoms with Gasteiger partial charge in [-0.1, -0.05) is 5.16 Å². The van der Waals surface area contributed by atoms with Crippen molar-refractivity contribution >= 4 is 23.0 Å². The van der Waals surface area contributed by atoms with Crippen LogP contribution in [0.5, 0.6) is 0 Å². The maximum atomic E-state index is 12.8. The highest BCUT2D eigenvalue weighted by Crippen LogP contribution is 2.23. The highest BCUT2D eigenvalue weighted by molar-refractivity contribution is 6.06. The van der Waals surface area contributed by atoms with Gasteiger partial charge in [-0.2, -0.15) is 0 Å². The van der Waals surface area contributed by atoms with E-state index >= 15 is 0 Å². The first-order chi connectivity index (χ1) is 10.5. The molecule has 0 fully saturated rings. The topological polar surface area (TPSA) is 85.5 Å². The number of rotatable bonds is 5. The molecule has 7 heteroatoms. The summed E-state index contributed by atoms with van der Waals surface area (Å²) in [6.07, 6.45) is 0.159. The first-order valence-corrected chi connectivity index (χ1v) is 7.07. The Bertz CT molecular complexity index is 708. The van der Waals surface area contributed by atoms with Crippen molar-refractivity contribution in [2.75, 3.05) is 20.2 Å². The fourth-order valence-corrected chi connectivity index (χ4v) is 2.29. The molecule has 0 saturated carbocycles. The molecular formula is C15H19N3O4. The van der Waals surface area contributed by atoms with Crippen LogP contribution < -0.4 is 0 Å². The van der Waals surface area contributed by atoms with E-state index in [1.165, 1.54) is 7.11 Å². The van der Waals surface area contributed by atoms with Crippen molar-refractivity contribution < 1.29 is 18.8 Å². The van der Waals surface area contributed by atoms with E-state index < -0.39 is 0 Å². The van der Waals surface area contributed by atoms with Gasteiger partial charge in [0.2, 0.25) is 0 Å². The third-order valence-electron chi connectivity index (χ3n) is 3.46. The van der Waals surface area contributed by atoms with Gasteiger partial charge in [-0.15, -0.1) is 0 Å². The Kier molecular flexibility index (Phi) is 4.75. The lowest BCUT2D eigenvalue weighted by Gasteiger charge is -2.20. The minimum atomic E-state index is -0.344. The van der Waals surface area contributed by atoms with E-state index in [4.69, 9.17) is 4.52 Å². The number of amides is 1. The van der Waals surface area contributed by atoms with Crippen LogP contribution in [0.2, 0.25) is 0 Å². The number of nitrogens with zero attached hydrogens (tertiary/aromatic N) is 3. The molecule has 2 aromatic rings. The zero-order valence-electron chi connectivity index (χ0n) is 13.2. The summed E-state index contributed by atoms with van der Waals surface area (Å²) < 4.78 is 9.76. The number of aromatic nitrogens is 2. The lowest BCUT2D eigenvalue weighted by atomic mass is 10.1. The van der Waals surface area contributed by atoms with Crippen molar-refractivity contribution in [2.24, 2.45) is 0 Å². The summed E-state index contributed by atoms with van der Waals surface area (Å²) in [5.41, 5.74) is 2.14. The van der Waals surface area contributed by atoms with Gasteiger partial charge in [0.25, 0.3) is 11.6 Å². The van der Waals surface area contributed by atoms with E-state index in [0.29, 0.717) is 41.1 Å². The molecule has 2 rings (SSSR count). The van der Waals surface area contributed by atoms with Crippen molar-refractivity contribution in [1.29, 1.82) is 0 Å². The number of ether oxygens (including phenoxy) is 1. The van der Waals surface area contributed by atoms with Gasteiger partial charge < -0.3 is 14.2 Å². The number of pyridine rings is 1. The number of fused-ring (bicyclic) bond motifs is 1. The van der Waals surface area contributed by atoms with Crippen molar-refractivity contribution in [3.63, 3.8) is 0 Å². The van der Waals surface area contributed by atoms with Crippen LogP contribution in [0.15, 0.2) is 10.6 Å². The molecule has 22 heavy (non-hydrogen) atoms. The van der Waals surface area contributed by atoms with Gasteiger partial charge in [0, 0.05) is 18.8 Å². The molecule has 0 aromatic carbocycles. The molecule has 0 radical (unpaired) electrons. The van der Waals surface area contributed by atoms with Crippen molar-refractivity contribution in [3.05, 3.63) is 23.0 Å². The number of hydrogen-bond donors (Lipinski definition) is 0. The summed E-state index contributed by atoms with van der Waals surface area (Å²) in [6.45, 7) is 6.21. The summed E-state index contributed by atoms with van der Waals surface area (Å²) in [4.78, 5) is 29.9. The normalized spacial score (nSPS) is 10.7. The van der Waals surface area contributed by atoms with Gasteiger partial charge in [0.05, 0.1) is 30.2 Å². The minimum Gasteiger partial charge on any atom is -0.469 e. The zero-order chi connectivity index (χ0) is 16.3. The summed E-state index contributed by atoms with van der Waals surface area (Å²) in [6, 6.07) is 1.72. The van der Waals surface area contributed by atoms with E-state index in [2.05, 4.69) is 14.9 Å². The fraction of sp³-hybridized carbons (Fsp3) is 0.467. The summed E-state index contributed by atoms with van der Waals surface area (Å²) >= 11 is 0. The van der Waals surface area contributed by atoms with Crippen LogP contribution in [0, 0.1) is 13.8 Å². The Morgan fingerprint density at radius 2 is 2.09 bits per heavy atom. The second-order valence-electron chi connectivity index (χ2n) is 4.97. The van der Waals surface area contributed by atoms with Gasteiger partial charge in [-0.05, 0) is 26.8 Å². The van der Waals surface area contributed by atoms with Crippen LogP contribution >= 0.6 is 0 Å². The maximum absolute atomic E-state index is 12.8. The molecule has 7 nitrogen and oxygen atoms in total. The molecule has 0 aliphatic heterocycles. The highest BCUT2D eigenvalue weighted by atomic mass is 16.5. The zero-order valence-corrected chi connectivity index (χ0v) is 13.2. The van der Waals surface area contributed by atoms with Gasteiger partial charge in [-0.3, -0.25) is 9.59 Å². The molecule has 0 atom stereocenters. The second-order valence-corrected chi connectivity index (χ2v) is 4.97. The molecule has 118 valence electrons. The largest absolute Gasteiger partial charge is 0.469 e. The third kappa shape index (κ3) is 3.08. The number of hydrogen-bond acceptors (Lipinski definition) is 6. The smallest absolute Gasteiger partial charge is 0.307 e. The minimum absolute atomic E-state index is 0.159. The summed E-state index contributed by atoms with van der Waals surface area (Å²) in [5.74, 6) is -0.517. The monoisotopic (exact) mass is 305 g/mol. The van der Waals surface area contributed by atoms with Gasteiger partial charge in [0.1, 0.15) is 0 Å². The van der Waals surface area contributed by atoms with Gasteiger partial charge >= 0.3 is 5.97 Å². The first kappa shape index (κ1) is 15.9. The SMILES string of the molecule is CCN(CCC(=O)OC)C(=O)c1cc(C)nc2onc(C)c12. The number of aryl methyl sites for hydroxylation is 2. The number of esters is 1. The summed E-state index contributed by atoms with van der Waals surface area (Å²) in [7, 11) is 1.33. The average molecular weight is 305 g/mol. The number of carbonyl (C=O) groups is 2. The third-order valence-corrected chi connectivity index (χ3v) is 3.46. The molecule has 1 amide bonds. The molecule has 0 N–H and O–H groups in total. The lowest BCUT2D eigenvalue weighted by Crippen LogP contribution is -2.33. The van der Waals surface area contributed by atoms with E-state index in [0.717, 1.165) is 0 Å². The molecule has 0 unspecified atom stereocenters. The molecule has 2 aromatic heterocycles. The van der Waals surface area contributed by atoms with Gasteiger partial charge in [0.15, 0.2) is 0 Å². The van der Waals surface area contributed by atoms with Crippen LogP contribution in [-0.4, -0.2) is 47.1 Å². The van der Waals surface area contributed by atoms with Crippen LogP contribution in [0.1, 0.15) is 35.1 Å². The lowest BCUT2D eigenvalue weighted by molar-refractivity contribution is -0.140. The Morgan fingerprint density at radius 1 is 1.36 bits per heavy atom. The molecule has 2 heterocycles. The number of methoxy groups -OCH3 is 1. The Morgan fingerprint density at radius 3 is 2.73 bits per heavy atom. The van der Waals surface area contributed by atoms with E-state index in [1.807, 2.05) is 6.92 Å². The standard InChI is InChI=1S/C15H19N3O4/c1-5-18(7-6-12(19)21-4)15(20)11-8-9(2)16-14-13(11)10(3)17-22-14/h8H,5-7H2,1-4H3. The molecule has 0 bridgehead atoms. The Hall–Kier alpha value is -2.44. The van der Waals surface area contributed by atoms with E-state index in [1.54, 1.807) is 24.8 Å². The average Bonchev–Trinajstić information content (AvgIpc) is 2.87. The Labute approximate surface area is 128 Å². The quantitative estimate of drug-likeness (QED) is 0.784. The maximum Gasteiger partial charge on any atom is 0.307 e. The van der Waals surface area contributed by atoms with Crippen LogP contribution in [0.25, 0.3) is 11.1 Å². The van der Waals surface area contributed by atoms with Crippen molar-refractivity contribution in [2.45, 2.75) is 27.2 Å². The van der Waals surface area contributed by atoms with E-state index in [-0.39, 0.29) is 18.3 Å². The van der Waals surface area contributed by atoms with Crippen LogP contribution in [0.4, 0.5) is 0 Å². The number of carbonyl (C=O) groups excluding carboxylic acids is 2. The predicted octanol–water partition coefficient (Wildman–Crippen LogP) is 1.86. The fourth-order valence-electron chi connectivity index (χ4n) is 2.29. The van der Waals surface area contributed by atoms with Crippen molar-refractivity contribution in [1.82, 2.24) is 15.0 Å². The summed E-state index contributed by atoms with van der Waals surface area (Å²) in [5, 5.41) is 4.49. The molecule has 0 saturated heterocycles.